The Morgan fingerprint density at radius 1 is 1.32 bits per heavy atom. The highest BCUT2D eigenvalue weighted by atomic mass is 35.5. The number of rotatable bonds is 3. The number of aliphatic carboxylic acids is 1. The van der Waals surface area contributed by atoms with Crippen LogP contribution in [0.1, 0.15) is 41.6 Å². The summed E-state index contributed by atoms with van der Waals surface area (Å²) in [6, 6.07) is 5.10. The van der Waals surface area contributed by atoms with Crippen LogP contribution in [0.25, 0.3) is 0 Å². The molecule has 1 aliphatic carbocycles. The van der Waals surface area contributed by atoms with Crippen LogP contribution < -0.4 is 5.32 Å². The smallest absolute Gasteiger partial charge is 0.329 e. The van der Waals surface area contributed by atoms with Crippen molar-refractivity contribution in [2.75, 3.05) is 0 Å². The molecule has 2 N–H and O–H groups in total. The molecule has 0 aliphatic heterocycles. The van der Waals surface area contributed by atoms with E-state index in [0.29, 0.717) is 23.4 Å². The molecule has 0 atom stereocenters. The van der Waals surface area contributed by atoms with Crippen molar-refractivity contribution in [2.24, 2.45) is 0 Å². The summed E-state index contributed by atoms with van der Waals surface area (Å²) < 4.78 is 0. The van der Waals surface area contributed by atoms with Crippen LogP contribution in [0.2, 0.25) is 5.02 Å². The van der Waals surface area contributed by atoms with E-state index < -0.39 is 17.4 Å². The van der Waals surface area contributed by atoms with E-state index in [1.165, 1.54) is 0 Å². The Bertz CT molecular complexity index is 521. The number of hydrogen-bond donors (Lipinski definition) is 2. The van der Waals surface area contributed by atoms with Crippen LogP contribution in [0.3, 0.4) is 0 Å². The van der Waals surface area contributed by atoms with E-state index in [-0.39, 0.29) is 0 Å². The third kappa shape index (κ3) is 2.73. The molecule has 0 unspecified atom stereocenters. The number of carbonyl (C=O) groups excluding carboxylic acids is 1. The van der Waals surface area contributed by atoms with E-state index in [4.69, 9.17) is 11.6 Å². The largest absolute Gasteiger partial charge is 0.480 e. The molecule has 102 valence electrons. The molecule has 5 heteroatoms. The van der Waals surface area contributed by atoms with Gasteiger partial charge >= 0.3 is 5.97 Å². The third-order valence-corrected chi connectivity index (χ3v) is 3.90. The van der Waals surface area contributed by atoms with Gasteiger partial charge in [0.05, 0.1) is 10.6 Å². The number of halogens is 1. The summed E-state index contributed by atoms with van der Waals surface area (Å²) in [7, 11) is 0. The number of carbonyl (C=O) groups is 2. The monoisotopic (exact) mass is 281 g/mol. The summed E-state index contributed by atoms with van der Waals surface area (Å²) in [5.41, 5.74) is 0.140. The molecule has 0 radical (unpaired) electrons. The van der Waals surface area contributed by atoms with Crippen LogP contribution in [0.4, 0.5) is 0 Å². The molecule has 19 heavy (non-hydrogen) atoms. The molecule has 0 bridgehead atoms. The number of amides is 1. The highest BCUT2D eigenvalue weighted by molar-refractivity contribution is 6.34. The number of carboxylic acids is 1. The predicted octanol–water partition coefficient (Wildman–Crippen LogP) is 2.78. The van der Waals surface area contributed by atoms with Crippen molar-refractivity contribution >= 4 is 23.5 Å². The van der Waals surface area contributed by atoms with Gasteiger partial charge in [-0.1, -0.05) is 30.5 Å². The molecule has 2 rings (SSSR count). The average Bonchev–Trinajstić information content (AvgIpc) is 2.78. The molecule has 0 heterocycles. The van der Waals surface area contributed by atoms with E-state index in [1.54, 1.807) is 18.2 Å². The van der Waals surface area contributed by atoms with Crippen LogP contribution >= 0.6 is 11.6 Å². The van der Waals surface area contributed by atoms with Gasteiger partial charge in [0.15, 0.2) is 0 Å². The Morgan fingerprint density at radius 2 is 1.95 bits per heavy atom. The van der Waals surface area contributed by atoms with Gasteiger partial charge in [-0.3, -0.25) is 4.79 Å². The van der Waals surface area contributed by atoms with Gasteiger partial charge in [-0.15, -0.1) is 0 Å². The van der Waals surface area contributed by atoms with Gasteiger partial charge in [-0.05, 0) is 37.5 Å². The Morgan fingerprint density at radius 3 is 2.47 bits per heavy atom. The topological polar surface area (TPSA) is 66.4 Å². The minimum atomic E-state index is -1.13. The second kappa shape index (κ2) is 5.21. The highest BCUT2D eigenvalue weighted by Crippen LogP contribution is 2.30. The first kappa shape index (κ1) is 13.9. The van der Waals surface area contributed by atoms with Crippen molar-refractivity contribution in [1.82, 2.24) is 5.32 Å². The van der Waals surface area contributed by atoms with E-state index >= 15 is 0 Å². The number of carboxylic acid groups (broad SMARTS) is 1. The van der Waals surface area contributed by atoms with Gasteiger partial charge in [0.25, 0.3) is 5.91 Å². The first-order valence-electron chi connectivity index (χ1n) is 6.27. The van der Waals surface area contributed by atoms with Crippen molar-refractivity contribution in [3.8, 4) is 0 Å². The second-order valence-corrected chi connectivity index (χ2v) is 5.44. The maximum atomic E-state index is 12.2. The molecular weight excluding hydrogens is 266 g/mol. The van der Waals surface area contributed by atoms with Gasteiger partial charge in [-0.25, -0.2) is 4.79 Å². The zero-order chi connectivity index (χ0) is 14.0. The Labute approximate surface area is 116 Å². The van der Waals surface area contributed by atoms with Gasteiger partial charge in [0, 0.05) is 0 Å². The highest BCUT2D eigenvalue weighted by Gasteiger charge is 2.42. The summed E-state index contributed by atoms with van der Waals surface area (Å²) in [6.45, 7) is 1.88. The third-order valence-electron chi connectivity index (χ3n) is 3.59. The SMILES string of the molecule is Cc1ccc(C(=O)NC2(C(=O)O)CCCC2)c(Cl)c1. The Hall–Kier alpha value is -1.55. The normalized spacial score (nSPS) is 17.2. The first-order valence-corrected chi connectivity index (χ1v) is 6.64. The van der Waals surface area contributed by atoms with Crippen LogP contribution in [-0.4, -0.2) is 22.5 Å². The van der Waals surface area contributed by atoms with E-state index in [0.717, 1.165) is 18.4 Å². The maximum absolute atomic E-state index is 12.2. The lowest BCUT2D eigenvalue weighted by Crippen LogP contribution is -2.52. The minimum Gasteiger partial charge on any atom is -0.480 e. The predicted molar refractivity (Wildman–Crippen MR) is 72.5 cm³/mol. The molecule has 1 aromatic rings. The second-order valence-electron chi connectivity index (χ2n) is 5.03. The van der Waals surface area contributed by atoms with Crippen molar-refractivity contribution < 1.29 is 14.7 Å². The van der Waals surface area contributed by atoms with E-state index in [2.05, 4.69) is 5.32 Å². The molecule has 1 amide bonds. The summed E-state index contributed by atoms with van der Waals surface area (Å²) >= 11 is 6.03. The molecule has 0 saturated heterocycles. The molecule has 1 aromatic carbocycles. The summed E-state index contributed by atoms with van der Waals surface area (Å²) in [5.74, 6) is -1.39. The van der Waals surface area contributed by atoms with Gasteiger partial charge in [0.2, 0.25) is 0 Å². The summed E-state index contributed by atoms with van der Waals surface area (Å²) in [5, 5.41) is 12.3. The lowest BCUT2D eigenvalue weighted by Gasteiger charge is -2.25. The molecule has 0 aromatic heterocycles. The number of hydrogen-bond acceptors (Lipinski definition) is 2. The summed E-state index contributed by atoms with van der Waals surface area (Å²) in [4.78, 5) is 23.6. The Balaban J connectivity index is 2.22. The molecule has 1 fully saturated rings. The minimum absolute atomic E-state index is 0.319. The first-order chi connectivity index (χ1) is 8.94. The number of aryl methyl sites for hydroxylation is 1. The molecule has 1 aliphatic rings. The fourth-order valence-electron chi connectivity index (χ4n) is 2.46. The Kier molecular flexibility index (Phi) is 3.80. The quantitative estimate of drug-likeness (QED) is 0.895. The number of benzene rings is 1. The van der Waals surface area contributed by atoms with Crippen molar-refractivity contribution in [3.05, 3.63) is 34.3 Å². The molecular formula is C14H16ClNO3. The van der Waals surface area contributed by atoms with Crippen molar-refractivity contribution in [1.29, 1.82) is 0 Å². The van der Waals surface area contributed by atoms with Gasteiger partial charge in [-0.2, -0.15) is 0 Å². The maximum Gasteiger partial charge on any atom is 0.329 e. The van der Waals surface area contributed by atoms with Crippen LogP contribution in [0.15, 0.2) is 18.2 Å². The van der Waals surface area contributed by atoms with Gasteiger partial charge < -0.3 is 10.4 Å². The molecule has 1 saturated carbocycles. The van der Waals surface area contributed by atoms with Crippen molar-refractivity contribution in [3.63, 3.8) is 0 Å². The van der Waals surface area contributed by atoms with E-state index in [9.17, 15) is 14.7 Å². The zero-order valence-electron chi connectivity index (χ0n) is 10.7. The van der Waals surface area contributed by atoms with Crippen molar-refractivity contribution in [2.45, 2.75) is 38.1 Å². The number of nitrogens with one attached hydrogen (secondary N) is 1. The zero-order valence-corrected chi connectivity index (χ0v) is 11.5. The van der Waals surface area contributed by atoms with Gasteiger partial charge in [0.1, 0.15) is 5.54 Å². The van der Waals surface area contributed by atoms with Crippen LogP contribution in [0, 0.1) is 6.92 Å². The van der Waals surface area contributed by atoms with E-state index in [1.807, 2.05) is 6.92 Å². The average molecular weight is 282 g/mol. The lowest BCUT2D eigenvalue weighted by atomic mass is 9.97. The standard InChI is InChI=1S/C14H16ClNO3/c1-9-4-5-10(11(15)8-9)12(17)16-14(13(18)19)6-2-3-7-14/h4-5,8H,2-3,6-7H2,1H3,(H,16,17)(H,18,19). The van der Waals surface area contributed by atoms with Crippen LogP contribution in [0.5, 0.6) is 0 Å². The molecule has 4 nitrogen and oxygen atoms in total. The lowest BCUT2D eigenvalue weighted by molar-refractivity contribution is -0.144. The molecule has 0 spiro atoms. The summed E-state index contributed by atoms with van der Waals surface area (Å²) in [6.07, 6.45) is 2.57. The van der Waals surface area contributed by atoms with Crippen LogP contribution in [-0.2, 0) is 4.79 Å². The fourth-order valence-corrected chi connectivity index (χ4v) is 2.78. The fraction of sp³-hybridized carbons (Fsp3) is 0.429.